The van der Waals surface area contributed by atoms with Crippen molar-refractivity contribution in [2.24, 2.45) is 0 Å². The largest absolute Gasteiger partial charge is 0.416 e. The second-order valence-electron chi connectivity index (χ2n) is 6.50. The van der Waals surface area contributed by atoms with E-state index in [0.717, 1.165) is 32.1 Å². The Morgan fingerprint density at radius 3 is 2.48 bits per heavy atom. The highest BCUT2D eigenvalue weighted by Crippen LogP contribution is 2.31. The standard InChI is InChI=1S/C18H21F3N4OS/c19-18(20,21)14-3-1-4-15(13-14)24-11-9-23(10-12-24)7-2-8-25-16(27)5-6-22-17(25)26/h1,3-6,13H,2,7-12H2,(H,22,26). The van der Waals surface area contributed by atoms with Gasteiger partial charge < -0.3 is 9.88 Å². The highest BCUT2D eigenvalue weighted by molar-refractivity contribution is 7.71. The van der Waals surface area contributed by atoms with Gasteiger partial charge in [-0.05, 0) is 37.2 Å². The number of aromatic amines is 1. The smallest absolute Gasteiger partial charge is 0.369 e. The predicted molar refractivity (Wildman–Crippen MR) is 101 cm³/mol. The van der Waals surface area contributed by atoms with Crippen molar-refractivity contribution in [1.82, 2.24) is 14.5 Å². The second kappa shape index (κ2) is 8.26. The van der Waals surface area contributed by atoms with Crippen LogP contribution in [-0.2, 0) is 12.7 Å². The normalized spacial score (nSPS) is 15.9. The molecule has 2 heterocycles. The van der Waals surface area contributed by atoms with Gasteiger partial charge >= 0.3 is 11.9 Å². The third-order valence-corrected chi connectivity index (χ3v) is 5.07. The molecular formula is C18H21F3N4OS. The van der Waals surface area contributed by atoms with E-state index in [1.165, 1.54) is 22.9 Å². The van der Waals surface area contributed by atoms with Gasteiger partial charge in [-0.15, -0.1) is 0 Å². The zero-order valence-electron chi connectivity index (χ0n) is 14.7. The number of halogens is 3. The van der Waals surface area contributed by atoms with E-state index in [-0.39, 0.29) is 5.69 Å². The van der Waals surface area contributed by atoms with E-state index in [0.29, 0.717) is 30.0 Å². The maximum absolute atomic E-state index is 12.9. The molecule has 1 aliphatic heterocycles. The van der Waals surface area contributed by atoms with Gasteiger partial charge in [-0.3, -0.25) is 9.47 Å². The van der Waals surface area contributed by atoms with Gasteiger partial charge in [0.2, 0.25) is 0 Å². The molecular weight excluding hydrogens is 377 g/mol. The van der Waals surface area contributed by atoms with Crippen LogP contribution in [0.2, 0.25) is 0 Å². The summed E-state index contributed by atoms with van der Waals surface area (Å²) in [6.45, 7) is 4.24. The fourth-order valence-corrected chi connectivity index (χ4v) is 3.47. The number of nitrogens with zero attached hydrogens (tertiary/aromatic N) is 3. The van der Waals surface area contributed by atoms with Crippen LogP contribution in [0.5, 0.6) is 0 Å². The SMILES string of the molecule is O=c1[nH]ccc(=S)n1CCCN1CCN(c2cccc(C(F)(F)F)c2)CC1. The summed E-state index contributed by atoms with van der Waals surface area (Å²) in [5, 5.41) is 0. The third-order valence-electron chi connectivity index (χ3n) is 4.71. The minimum absolute atomic E-state index is 0.211. The molecule has 146 valence electrons. The topological polar surface area (TPSA) is 44.3 Å². The van der Waals surface area contributed by atoms with E-state index in [1.54, 1.807) is 12.1 Å². The lowest BCUT2D eigenvalue weighted by molar-refractivity contribution is -0.137. The molecule has 0 atom stereocenters. The van der Waals surface area contributed by atoms with Crippen LogP contribution in [0.25, 0.3) is 0 Å². The molecule has 3 rings (SSSR count). The fraction of sp³-hybridized carbons (Fsp3) is 0.444. The summed E-state index contributed by atoms with van der Waals surface area (Å²) in [5.41, 5.74) is -0.226. The van der Waals surface area contributed by atoms with Crippen LogP contribution in [0.1, 0.15) is 12.0 Å². The highest BCUT2D eigenvalue weighted by Gasteiger charge is 2.31. The Kier molecular flexibility index (Phi) is 6.01. The maximum atomic E-state index is 12.9. The molecule has 1 N–H and O–H groups in total. The molecule has 1 aromatic heterocycles. The number of nitrogens with one attached hydrogen (secondary N) is 1. The summed E-state index contributed by atoms with van der Waals surface area (Å²) >= 11 is 5.16. The molecule has 0 radical (unpaired) electrons. The summed E-state index contributed by atoms with van der Waals surface area (Å²) in [5.74, 6) is 0. The van der Waals surface area contributed by atoms with Gasteiger partial charge in [-0.1, -0.05) is 18.3 Å². The lowest BCUT2D eigenvalue weighted by atomic mass is 10.1. The van der Waals surface area contributed by atoms with E-state index in [2.05, 4.69) is 9.88 Å². The first kappa shape index (κ1) is 19.6. The Morgan fingerprint density at radius 1 is 1.07 bits per heavy atom. The molecule has 0 aliphatic carbocycles. The van der Waals surface area contributed by atoms with Crippen LogP contribution in [-0.4, -0.2) is 47.2 Å². The summed E-state index contributed by atoms with van der Waals surface area (Å²) in [7, 11) is 0. The lowest BCUT2D eigenvalue weighted by Gasteiger charge is -2.36. The molecule has 9 heteroatoms. The number of alkyl halides is 3. The average Bonchev–Trinajstić information content (AvgIpc) is 2.64. The fourth-order valence-electron chi connectivity index (χ4n) is 3.22. The predicted octanol–water partition coefficient (Wildman–Crippen LogP) is 3.14. The van der Waals surface area contributed by atoms with Crippen LogP contribution in [0.15, 0.2) is 41.3 Å². The van der Waals surface area contributed by atoms with Crippen molar-refractivity contribution in [2.45, 2.75) is 19.1 Å². The van der Waals surface area contributed by atoms with E-state index >= 15 is 0 Å². The Bertz CT molecular complexity index is 857. The number of hydrogen-bond acceptors (Lipinski definition) is 4. The molecule has 1 fully saturated rings. The van der Waals surface area contributed by atoms with E-state index in [1.807, 2.05) is 4.90 Å². The van der Waals surface area contributed by atoms with Crippen LogP contribution < -0.4 is 10.6 Å². The van der Waals surface area contributed by atoms with E-state index in [9.17, 15) is 18.0 Å². The maximum Gasteiger partial charge on any atom is 0.416 e. The zero-order valence-corrected chi connectivity index (χ0v) is 15.5. The molecule has 1 aromatic carbocycles. The van der Waals surface area contributed by atoms with Crippen molar-refractivity contribution in [3.63, 3.8) is 0 Å². The van der Waals surface area contributed by atoms with Gasteiger partial charge in [0.05, 0.1) is 5.56 Å². The Balaban J connectivity index is 1.51. The molecule has 0 spiro atoms. The van der Waals surface area contributed by atoms with Crippen LogP contribution in [0.4, 0.5) is 18.9 Å². The molecule has 0 bridgehead atoms. The minimum atomic E-state index is -4.33. The van der Waals surface area contributed by atoms with Crippen molar-refractivity contribution >= 4 is 17.9 Å². The number of aromatic nitrogens is 2. The van der Waals surface area contributed by atoms with Gasteiger partial charge in [0.25, 0.3) is 0 Å². The number of rotatable bonds is 5. The van der Waals surface area contributed by atoms with Crippen molar-refractivity contribution in [3.05, 3.63) is 57.2 Å². The molecule has 1 saturated heterocycles. The third kappa shape index (κ3) is 4.98. The number of H-pyrrole nitrogens is 1. The van der Waals surface area contributed by atoms with Crippen LogP contribution >= 0.6 is 12.2 Å². The Hall–Kier alpha value is -2.13. The molecule has 0 unspecified atom stereocenters. The summed E-state index contributed by atoms with van der Waals surface area (Å²) in [6.07, 6.45) is -2.01. The molecule has 27 heavy (non-hydrogen) atoms. The lowest BCUT2D eigenvalue weighted by Crippen LogP contribution is -2.46. The summed E-state index contributed by atoms with van der Waals surface area (Å²) in [4.78, 5) is 18.6. The monoisotopic (exact) mass is 398 g/mol. The second-order valence-corrected chi connectivity index (χ2v) is 6.92. The Morgan fingerprint density at radius 2 is 1.81 bits per heavy atom. The zero-order chi connectivity index (χ0) is 19.4. The number of anilines is 1. The molecule has 0 amide bonds. The highest BCUT2D eigenvalue weighted by atomic mass is 32.1. The summed E-state index contributed by atoms with van der Waals surface area (Å²) in [6, 6.07) is 7.15. The van der Waals surface area contributed by atoms with E-state index < -0.39 is 11.7 Å². The number of piperazine rings is 1. The van der Waals surface area contributed by atoms with Crippen LogP contribution in [0.3, 0.4) is 0 Å². The van der Waals surface area contributed by atoms with Crippen molar-refractivity contribution in [3.8, 4) is 0 Å². The average molecular weight is 398 g/mol. The van der Waals surface area contributed by atoms with E-state index in [4.69, 9.17) is 12.2 Å². The van der Waals surface area contributed by atoms with Crippen molar-refractivity contribution in [2.75, 3.05) is 37.6 Å². The number of hydrogen-bond donors (Lipinski definition) is 1. The van der Waals surface area contributed by atoms with Crippen LogP contribution in [0, 0.1) is 4.64 Å². The molecule has 5 nitrogen and oxygen atoms in total. The molecule has 0 saturated carbocycles. The van der Waals surface area contributed by atoms with Gasteiger partial charge in [0.15, 0.2) is 0 Å². The Labute approximate surface area is 160 Å². The first-order chi connectivity index (χ1) is 12.8. The molecule has 1 aliphatic rings. The van der Waals surface area contributed by atoms with Gasteiger partial charge in [-0.25, -0.2) is 4.79 Å². The summed E-state index contributed by atoms with van der Waals surface area (Å²) < 4.78 is 40.7. The first-order valence-electron chi connectivity index (χ1n) is 8.78. The van der Waals surface area contributed by atoms with Crippen molar-refractivity contribution in [1.29, 1.82) is 0 Å². The van der Waals surface area contributed by atoms with Gasteiger partial charge in [-0.2, -0.15) is 13.2 Å². The number of benzene rings is 1. The first-order valence-corrected chi connectivity index (χ1v) is 9.18. The minimum Gasteiger partial charge on any atom is -0.369 e. The molecule has 2 aromatic rings. The van der Waals surface area contributed by atoms with Gasteiger partial charge in [0.1, 0.15) is 4.64 Å². The quantitative estimate of drug-likeness (QED) is 0.786. The van der Waals surface area contributed by atoms with Gasteiger partial charge in [0, 0.05) is 44.6 Å². The van der Waals surface area contributed by atoms with Crippen molar-refractivity contribution < 1.29 is 13.2 Å².